The maximum absolute atomic E-state index is 13.4. The smallest absolute Gasteiger partial charge is 0.417 e. The van der Waals surface area contributed by atoms with Gasteiger partial charge in [-0.3, -0.25) is 14.6 Å². The zero-order chi connectivity index (χ0) is 23.1. The number of hydrogen-bond acceptors (Lipinski definition) is 4. The molecule has 5 rings (SSSR count). The first-order chi connectivity index (χ1) is 15.0. The summed E-state index contributed by atoms with van der Waals surface area (Å²) in [4.78, 5) is 28.3. The van der Waals surface area contributed by atoms with Gasteiger partial charge in [0.2, 0.25) is 5.91 Å². The summed E-state index contributed by atoms with van der Waals surface area (Å²) in [5, 5.41) is 5.50. The third-order valence-corrected chi connectivity index (χ3v) is 6.07. The van der Waals surface area contributed by atoms with E-state index < -0.39 is 28.5 Å². The third kappa shape index (κ3) is 4.36. The van der Waals surface area contributed by atoms with Crippen molar-refractivity contribution in [3.05, 3.63) is 58.6 Å². The first kappa shape index (κ1) is 22.3. The molecule has 2 bridgehead atoms. The van der Waals surface area contributed by atoms with Crippen molar-refractivity contribution >= 4 is 23.4 Å². The number of pyridine rings is 1. The predicted octanol–water partition coefficient (Wildman–Crippen LogP) is 3.63. The van der Waals surface area contributed by atoms with Crippen LogP contribution in [0.3, 0.4) is 0 Å². The van der Waals surface area contributed by atoms with Crippen LogP contribution >= 0.6 is 11.6 Å². The van der Waals surface area contributed by atoms with Crippen LogP contribution in [0, 0.1) is 11.2 Å². The molecule has 0 aliphatic heterocycles. The van der Waals surface area contributed by atoms with Crippen molar-refractivity contribution in [2.75, 3.05) is 6.61 Å². The largest absolute Gasteiger partial charge is 0.484 e. The molecule has 2 N–H and O–H groups in total. The number of ether oxygens (including phenoxy) is 1. The lowest BCUT2D eigenvalue weighted by Gasteiger charge is -2.69. The summed E-state index contributed by atoms with van der Waals surface area (Å²) in [6.45, 7) is -0.287. The van der Waals surface area contributed by atoms with Crippen LogP contribution in [-0.4, -0.2) is 28.9 Å². The minimum absolute atomic E-state index is 0.0174. The van der Waals surface area contributed by atoms with Crippen LogP contribution in [0.15, 0.2) is 36.5 Å². The maximum Gasteiger partial charge on any atom is 0.417 e. The van der Waals surface area contributed by atoms with E-state index in [1.54, 1.807) is 0 Å². The lowest BCUT2D eigenvalue weighted by molar-refractivity contribution is -0.184. The number of carbonyl (C=O) groups excluding carboxylic acids is 2. The van der Waals surface area contributed by atoms with Crippen LogP contribution < -0.4 is 15.4 Å². The molecule has 0 atom stereocenters. The Morgan fingerprint density at radius 1 is 1.16 bits per heavy atom. The standard InChI is InChI=1S/C21H18ClF4N3O3/c22-15-4-3-14(5-16(15)23)32-8-17(30)29-20-9-19(10-20,11-20)18(31)28-7-13-2-1-12(6-27-13)21(24,25)26/h1-6H,7-11H2,(H,28,31)(H,29,30). The van der Waals surface area contributed by atoms with Crippen LogP contribution in [0.2, 0.25) is 5.02 Å². The topological polar surface area (TPSA) is 80.3 Å². The van der Waals surface area contributed by atoms with E-state index >= 15 is 0 Å². The van der Waals surface area contributed by atoms with E-state index in [0.29, 0.717) is 25.0 Å². The second kappa shape index (κ2) is 7.91. The van der Waals surface area contributed by atoms with Crippen LogP contribution in [0.4, 0.5) is 17.6 Å². The Bertz CT molecular complexity index is 1040. The Morgan fingerprint density at radius 2 is 1.88 bits per heavy atom. The molecule has 3 aliphatic rings. The molecule has 11 heteroatoms. The quantitative estimate of drug-likeness (QED) is 0.604. The normalized spacial score (nSPS) is 23.5. The molecule has 2 aromatic rings. The number of nitrogens with one attached hydrogen (secondary N) is 2. The summed E-state index contributed by atoms with van der Waals surface area (Å²) in [6.07, 6.45) is -2.34. The highest BCUT2D eigenvalue weighted by Crippen LogP contribution is 2.67. The number of alkyl halides is 3. The minimum Gasteiger partial charge on any atom is -0.484 e. The SMILES string of the molecule is O=C(COc1ccc(Cl)c(F)c1)NC12CC(C(=O)NCc3ccc(C(F)(F)F)cn3)(C1)C2. The van der Waals surface area contributed by atoms with Crippen molar-refractivity contribution < 1.29 is 31.9 Å². The Kier molecular flexibility index (Phi) is 5.52. The van der Waals surface area contributed by atoms with Crippen molar-refractivity contribution in [2.45, 2.75) is 37.5 Å². The van der Waals surface area contributed by atoms with Crippen molar-refractivity contribution in [3.8, 4) is 5.75 Å². The molecule has 1 aromatic carbocycles. The third-order valence-electron chi connectivity index (χ3n) is 5.76. The highest BCUT2D eigenvalue weighted by Gasteiger charge is 2.72. The molecule has 0 unspecified atom stereocenters. The van der Waals surface area contributed by atoms with Crippen molar-refractivity contribution in [1.82, 2.24) is 15.6 Å². The highest BCUT2D eigenvalue weighted by molar-refractivity contribution is 6.30. The van der Waals surface area contributed by atoms with Crippen LogP contribution in [0.1, 0.15) is 30.5 Å². The van der Waals surface area contributed by atoms with E-state index in [1.165, 1.54) is 18.2 Å². The summed E-state index contributed by atoms with van der Waals surface area (Å²) in [5.74, 6) is -1.08. The number of aromatic nitrogens is 1. The first-order valence-electron chi connectivity index (χ1n) is 9.70. The fourth-order valence-corrected chi connectivity index (χ4v) is 4.38. The van der Waals surface area contributed by atoms with E-state index in [0.717, 1.165) is 18.3 Å². The molecule has 0 saturated heterocycles. The number of halogens is 5. The molecule has 6 nitrogen and oxygen atoms in total. The number of benzene rings is 1. The van der Waals surface area contributed by atoms with Gasteiger partial charge >= 0.3 is 6.18 Å². The van der Waals surface area contributed by atoms with Gasteiger partial charge in [-0.05, 0) is 43.5 Å². The number of carbonyl (C=O) groups is 2. The summed E-state index contributed by atoms with van der Waals surface area (Å²) >= 11 is 5.59. The fraction of sp³-hybridized carbons (Fsp3) is 0.381. The Balaban J connectivity index is 1.20. The van der Waals surface area contributed by atoms with E-state index in [1.807, 2.05) is 0 Å². The number of rotatable bonds is 7. The van der Waals surface area contributed by atoms with Gasteiger partial charge in [0.1, 0.15) is 11.6 Å². The molecule has 2 amide bonds. The molecule has 3 fully saturated rings. The first-order valence-corrected chi connectivity index (χ1v) is 10.1. The Morgan fingerprint density at radius 3 is 2.47 bits per heavy atom. The van der Waals surface area contributed by atoms with Crippen molar-refractivity contribution in [2.24, 2.45) is 5.41 Å². The van der Waals surface area contributed by atoms with Gasteiger partial charge in [-0.15, -0.1) is 0 Å². The van der Waals surface area contributed by atoms with E-state index in [4.69, 9.17) is 16.3 Å². The molecule has 1 heterocycles. The van der Waals surface area contributed by atoms with Gasteiger partial charge in [0.25, 0.3) is 5.91 Å². The summed E-state index contributed by atoms with van der Waals surface area (Å²) in [6, 6.07) is 6.00. The van der Waals surface area contributed by atoms with E-state index in [-0.39, 0.29) is 35.7 Å². The van der Waals surface area contributed by atoms with Crippen LogP contribution in [0.5, 0.6) is 5.75 Å². The molecule has 170 valence electrons. The molecular weight excluding hydrogens is 454 g/mol. The molecule has 0 radical (unpaired) electrons. The number of amides is 2. The molecule has 32 heavy (non-hydrogen) atoms. The number of hydrogen-bond donors (Lipinski definition) is 2. The lowest BCUT2D eigenvalue weighted by atomic mass is 9.39. The molecule has 1 aromatic heterocycles. The fourth-order valence-electron chi connectivity index (χ4n) is 4.26. The average Bonchev–Trinajstić information content (AvgIpc) is 2.68. The van der Waals surface area contributed by atoms with Gasteiger partial charge in [0, 0.05) is 17.8 Å². The average molecular weight is 472 g/mol. The van der Waals surface area contributed by atoms with Gasteiger partial charge in [0.15, 0.2) is 6.61 Å². The monoisotopic (exact) mass is 471 g/mol. The van der Waals surface area contributed by atoms with E-state index in [9.17, 15) is 27.2 Å². The van der Waals surface area contributed by atoms with Crippen LogP contribution in [0.25, 0.3) is 0 Å². The zero-order valence-corrected chi connectivity index (χ0v) is 17.3. The van der Waals surface area contributed by atoms with Gasteiger partial charge in [-0.1, -0.05) is 11.6 Å². The van der Waals surface area contributed by atoms with Crippen molar-refractivity contribution in [3.63, 3.8) is 0 Å². The van der Waals surface area contributed by atoms with E-state index in [2.05, 4.69) is 15.6 Å². The summed E-state index contributed by atoms with van der Waals surface area (Å²) in [5.41, 5.74) is -1.58. The molecule has 3 saturated carbocycles. The Hall–Kier alpha value is -2.88. The minimum atomic E-state index is -4.46. The molecule has 3 aliphatic carbocycles. The van der Waals surface area contributed by atoms with Gasteiger partial charge in [-0.2, -0.15) is 13.2 Å². The number of nitrogens with zero attached hydrogens (tertiary/aromatic N) is 1. The van der Waals surface area contributed by atoms with Gasteiger partial charge in [0.05, 0.1) is 28.2 Å². The summed E-state index contributed by atoms with van der Waals surface area (Å²) < 4.78 is 56.4. The highest BCUT2D eigenvalue weighted by atomic mass is 35.5. The summed E-state index contributed by atoms with van der Waals surface area (Å²) in [7, 11) is 0. The predicted molar refractivity (Wildman–Crippen MR) is 105 cm³/mol. The molecular formula is C21H18ClF4N3O3. The Labute approximate surface area is 185 Å². The van der Waals surface area contributed by atoms with Gasteiger partial charge in [-0.25, -0.2) is 4.39 Å². The maximum atomic E-state index is 13.4. The van der Waals surface area contributed by atoms with Crippen molar-refractivity contribution in [1.29, 1.82) is 0 Å². The zero-order valence-electron chi connectivity index (χ0n) is 16.6. The van der Waals surface area contributed by atoms with Gasteiger partial charge < -0.3 is 15.4 Å². The lowest BCUT2D eigenvalue weighted by Crippen LogP contribution is -2.78. The van der Waals surface area contributed by atoms with Crippen LogP contribution in [-0.2, 0) is 22.3 Å². The molecule has 0 spiro atoms. The second-order valence-corrected chi connectivity index (χ2v) is 8.63. The second-order valence-electron chi connectivity index (χ2n) is 8.22.